The zero-order valence-corrected chi connectivity index (χ0v) is 26.4. The molecule has 4 N–H and O–H groups in total. The van der Waals surface area contributed by atoms with Gasteiger partial charge in [-0.3, -0.25) is 4.79 Å². The number of aliphatic hydroxyl groups excluding tert-OH is 1. The topological polar surface area (TPSA) is 133 Å². The molecule has 5 rings (SSSR count). The predicted molar refractivity (Wildman–Crippen MR) is 166 cm³/mol. The Morgan fingerprint density at radius 3 is 2.32 bits per heavy atom. The Bertz CT molecular complexity index is 1630. The van der Waals surface area contributed by atoms with Gasteiger partial charge in [-0.1, -0.05) is 42.5 Å². The van der Waals surface area contributed by atoms with E-state index in [2.05, 4.69) is 10.6 Å². The molecule has 2 atom stereocenters. The van der Waals surface area contributed by atoms with Crippen molar-refractivity contribution in [3.63, 3.8) is 0 Å². The molecular formula is C34H39F3N4O6. The van der Waals surface area contributed by atoms with Crippen LogP contribution in [0.3, 0.4) is 0 Å². The van der Waals surface area contributed by atoms with Crippen LogP contribution >= 0.6 is 0 Å². The van der Waals surface area contributed by atoms with Gasteiger partial charge in [-0.15, -0.1) is 0 Å². The first-order valence-electron chi connectivity index (χ1n) is 15.5. The number of carbonyl (C=O) groups excluding carboxylic acids is 2. The number of hydrogen-bond donors (Lipinski definition) is 4. The molecular weight excluding hydrogens is 617 g/mol. The molecule has 1 aliphatic carbocycles. The van der Waals surface area contributed by atoms with Crippen molar-refractivity contribution in [2.75, 3.05) is 13.1 Å². The third-order valence-corrected chi connectivity index (χ3v) is 8.48. The SMILES string of the molecule is CC(C)(C)OC(=O)N1CCn2c(C(=O)N[C@@H](Cc3ccccc3)[C@H](O)CNC3(c4cccc(C(F)(F)F)c4)CC3)cc(C(=O)O)c2C1. The number of nitrogens with zero attached hydrogens (tertiary/aromatic N) is 2. The average Bonchev–Trinajstić information content (AvgIpc) is 3.70. The van der Waals surface area contributed by atoms with Crippen LogP contribution in [0.15, 0.2) is 60.7 Å². The Morgan fingerprint density at radius 1 is 1.00 bits per heavy atom. The zero-order valence-electron chi connectivity index (χ0n) is 26.4. The second-order valence-corrected chi connectivity index (χ2v) is 13.1. The van der Waals surface area contributed by atoms with Crippen LogP contribution in [0.25, 0.3) is 0 Å². The molecule has 0 bridgehead atoms. The Kier molecular flexibility index (Phi) is 9.43. The Morgan fingerprint density at radius 2 is 1.70 bits per heavy atom. The van der Waals surface area contributed by atoms with Crippen molar-refractivity contribution in [3.8, 4) is 0 Å². The number of nitrogens with one attached hydrogen (secondary N) is 2. The molecule has 1 aromatic heterocycles. The molecule has 0 radical (unpaired) electrons. The number of carboxylic acids is 1. The summed E-state index contributed by atoms with van der Waals surface area (Å²) in [6.07, 6.45) is -4.82. The number of benzene rings is 2. The van der Waals surface area contributed by atoms with Crippen LogP contribution in [-0.2, 0) is 36.0 Å². The number of aliphatic hydroxyl groups is 1. The lowest BCUT2D eigenvalue weighted by molar-refractivity contribution is -0.137. The monoisotopic (exact) mass is 656 g/mol. The Balaban J connectivity index is 1.35. The third kappa shape index (κ3) is 7.96. The van der Waals surface area contributed by atoms with E-state index in [1.807, 2.05) is 30.3 Å². The number of amides is 2. The summed E-state index contributed by atoms with van der Waals surface area (Å²) in [5.74, 6) is -1.86. The summed E-state index contributed by atoms with van der Waals surface area (Å²) in [5, 5.41) is 27.4. The third-order valence-electron chi connectivity index (χ3n) is 8.48. The van der Waals surface area contributed by atoms with Crippen LogP contribution in [0, 0.1) is 0 Å². The van der Waals surface area contributed by atoms with E-state index in [1.54, 1.807) is 31.4 Å². The lowest BCUT2D eigenvalue weighted by atomic mass is 9.98. The number of carbonyl (C=O) groups is 3. The molecule has 2 aromatic carbocycles. The number of aromatic carboxylic acids is 1. The fourth-order valence-corrected chi connectivity index (χ4v) is 5.87. The van der Waals surface area contributed by atoms with E-state index >= 15 is 0 Å². The molecule has 2 aliphatic rings. The summed E-state index contributed by atoms with van der Waals surface area (Å²) in [4.78, 5) is 40.0. The molecule has 1 saturated carbocycles. The minimum atomic E-state index is -4.48. The second kappa shape index (κ2) is 13.0. The van der Waals surface area contributed by atoms with E-state index in [0.29, 0.717) is 18.4 Å². The summed E-state index contributed by atoms with van der Waals surface area (Å²) in [6.45, 7) is 5.44. The summed E-state index contributed by atoms with van der Waals surface area (Å²) < 4.78 is 47.1. The van der Waals surface area contributed by atoms with Gasteiger partial charge in [0.15, 0.2) is 0 Å². The molecule has 10 nitrogen and oxygen atoms in total. The summed E-state index contributed by atoms with van der Waals surface area (Å²) >= 11 is 0. The van der Waals surface area contributed by atoms with E-state index in [9.17, 15) is 37.8 Å². The quantitative estimate of drug-likeness (QED) is 0.243. The minimum Gasteiger partial charge on any atom is -0.478 e. The molecule has 47 heavy (non-hydrogen) atoms. The first kappa shape index (κ1) is 34.0. The van der Waals surface area contributed by atoms with E-state index < -0.39 is 53.0 Å². The van der Waals surface area contributed by atoms with Crippen molar-refractivity contribution in [2.45, 2.75) is 82.6 Å². The molecule has 0 spiro atoms. The molecule has 252 valence electrons. The first-order chi connectivity index (χ1) is 22.1. The fraction of sp³-hybridized carbons (Fsp3) is 0.441. The van der Waals surface area contributed by atoms with Gasteiger partial charge in [0.2, 0.25) is 0 Å². The van der Waals surface area contributed by atoms with Crippen LogP contribution in [0.1, 0.15) is 76.8 Å². The largest absolute Gasteiger partial charge is 0.478 e. The average molecular weight is 657 g/mol. The normalized spacial score (nSPS) is 17.0. The summed E-state index contributed by atoms with van der Waals surface area (Å²) in [6, 6.07) is 14.7. The van der Waals surface area contributed by atoms with Crippen LogP contribution in [0.4, 0.5) is 18.0 Å². The number of alkyl halides is 3. The zero-order chi connectivity index (χ0) is 34.1. The van der Waals surface area contributed by atoms with Gasteiger partial charge in [-0.25, -0.2) is 9.59 Å². The maximum atomic E-state index is 13.8. The lowest BCUT2D eigenvalue weighted by Gasteiger charge is -2.32. The lowest BCUT2D eigenvalue weighted by Crippen LogP contribution is -2.50. The smallest absolute Gasteiger partial charge is 0.416 e. The van der Waals surface area contributed by atoms with Crippen molar-refractivity contribution < 1.29 is 42.5 Å². The highest BCUT2D eigenvalue weighted by Crippen LogP contribution is 2.46. The minimum absolute atomic E-state index is 0.0223. The Labute approximate surface area is 270 Å². The number of fused-ring (bicyclic) bond motifs is 1. The van der Waals surface area contributed by atoms with Crippen LogP contribution in [0.5, 0.6) is 0 Å². The van der Waals surface area contributed by atoms with Crippen molar-refractivity contribution >= 4 is 18.0 Å². The molecule has 0 saturated heterocycles. The van der Waals surface area contributed by atoms with Gasteiger partial charge in [-0.05, 0) is 69.4 Å². The molecule has 13 heteroatoms. The number of carboxylic acid groups (broad SMARTS) is 1. The maximum absolute atomic E-state index is 13.8. The highest BCUT2D eigenvalue weighted by molar-refractivity contribution is 5.98. The number of rotatable bonds is 10. The van der Waals surface area contributed by atoms with Crippen LogP contribution in [-0.4, -0.2) is 68.5 Å². The van der Waals surface area contributed by atoms with Crippen molar-refractivity contribution in [1.82, 2.24) is 20.1 Å². The van der Waals surface area contributed by atoms with E-state index in [1.165, 1.54) is 17.0 Å². The van der Waals surface area contributed by atoms with Gasteiger partial charge in [0, 0.05) is 25.2 Å². The van der Waals surface area contributed by atoms with Gasteiger partial charge >= 0.3 is 18.2 Å². The first-order valence-corrected chi connectivity index (χ1v) is 15.5. The molecule has 2 amide bonds. The number of ether oxygens (including phenoxy) is 1. The standard InChI is InChI=1S/C34H39F3N4O6/c1-32(2,3)47-31(46)40-14-15-41-26(18-24(30(44)45)27(41)20-40)29(43)39-25(16-21-8-5-4-6-9-21)28(42)19-38-33(12-13-33)22-10-7-11-23(17-22)34(35,36)37/h4-11,17-18,25,28,38,42H,12-16,19-20H2,1-3H3,(H,39,43)(H,44,45)/t25-,28+/m0/s1. The number of hydrogen-bond acceptors (Lipinski definition) is 6. The molecule has 0 unspecified atom stereocenters. The molecule has 3 aromatic rings. The Hall–Kier alpha value is -4.36. The van der Waals surface area contributed by atoms with Gasteiger partial charge in [0.1, 0.15) is 11.3 Å². The molecule has 1 aliphatic heterocycles. The van der Waals surface area contributed by atoms with Crippen LogP contribution in [0.2, 0.25) is 0 Å². The van der Waals surface area contributed by atoms with Gasteiger partial charge in [0.05, 0.1) is 35.5 Å². The van der Waals surface area contributed by atoms with Crippen LogP contribution < -0.4 is 10.6 Å². The highest BCUT2D eigenvalue weighted by atomic mass is 19.4. The van der Waals surface area contributed by atoms with Gasteiger partial charge in [0.25, 0.3) is 5.91 Å². The van der Waals surface area contributed by atoms with Crippen molar-refractivity contribution in [3.05, 3.63) is 94.3 Å². The molecule has 1 fully saturated rings. The van der Waals surface area contributed by atoms with E-state index in [4.69, 9.17) is 4.74 Å². The predicted octanol–water partition coefficient (Wildman–Crippen LogP) is 4.94. The van der Waals surface area contributed by atoms with Crippen molar-refractivity contribution in [1.29, 1.82) is 0 Å². The number of halogens is 3. The second-order valence-electron chi connectivity index (χ2n) is 13.1. The summed E-state index contributed by atoms with van der Waals surface area (Å²) in [5.41, 5.74) is -0.685. The van der Waals surface area contributed by atoms with Crippen molar-refractivity contribution in [2.24, 2.45) is 0 Å². The molecule has 2 heterocycles. The van der Waals surface area contributed by atoms with Gasteiger partial charge in [-0.2, -0.15) is 13.2 Å². The number of aromatic nitrogens is 1. The van der Waals surface area contributed by atoms with E-state index in [-0.39, 0.29) is 49.6 Å². The maximum Gasteiger partial charge on any atom is 0.416 e. The van der Waals surface area contributed by atoms with E-state index in [0.717, 1.165) is 17.7 Å². The summed E-state index contributed by atoms with van der Waals surface area (Å²) in [7, 11) is 0. The highest BCUT2D eigenvalue weighted by Gasteiger charge is 2.45. The fourth-order valence-electron chi connectivity index (χ4n) is 5.87. The van der Waals surface area contributed by atoms with Gasteiger partial charge < -0.3 is 35.1 Å².